The fraction of sp³-hybridized carbons (Fsp3) is 0.545. The van der Waals surface area contributed by atoms with Crippen molar-refractivity contribution in [2.24, 2.45) is 0 Å². The number of hydrogen-bond acceptors (Lipinski definition) is 4. The first-order valence-corrected chi connectivity index (χ1v) is 5.65. The van der Waals surface area contributed by atoms with Crippen molar-refractivity contribution in [1.82, 2.24) is 14.9 Å². The first-order chi connectivity index (χ1) is 7.77. The van der Waals surface area contributed by atoms with E-state index in [1.165, 1.54) is 19.0 Å². The summed E-state index contributed by atoms with van der Waals surface area (Å²) >= 11 is 0. The second-order valence-corrected chi connectivity index (χ2v) is 4.01. The minimum Gasteiger partial charge on any atom is -0.368 e. The van der Waals surface area contributed by atoms with Gasteiger partial charge in [-0.15, -0.1) is 0 Å². The average Bonchev–Trinajstić information content (AvgIpc) is 2.56. The Hall–Kier alpha value is -1.65. The predicted molar refractivity (Wildman–Crippen MR) is 60.8 cm³/mol. The van der Waals surface area contributed by atoms with E-state index >= 15 is 0 Å². The van der Waals surface area contributed by atoms with Gasteiger partial charge in [0.25, 0.3) is 5.91 Å². The third-order valence-electron chi connectivity index (χ3n) is 2.79. The highest BCUT2D eigenvalue weighted by atomic mass is 16.2. The van der Waals surface area contributed by atoms with Crippen molar-refractivity contribution in [3.8, 4) is 0 Å². The first-order valence-electron chi connectivity index (χ1n) is 5.65. The lowest BCUT2D eigenvalue weighted by atomic mass is 10.2. The van der Waals surface area contributed by atoms with Crippen LogP contribution in [0.5, 0.6) is 0 Å². The zero-order valence-electron chi connectivity index (χ0n) is 9.22. The molecule has 1 aliphatic rings. The van der Waals surface area contributed by atoms with Gasteiger partial charge in [-0.05, 0) is 18.9 Å². The van der Waals surface area contributed by atoms with Gasteiger partial charge in [0.15, 0.2) is 0 Å². The molecule has 1 aromatic rings. The van der Waals surface area contributed by atoms with Crippen LogP contribution in [0.1, 0.15) is 36.2 Å². The molecule has 2 heterocycles. The van der Waals surface area contributed by atoms with Crippen LogP contribution < -0.4 is 5.73 Å². The summed E-state index contributed by atoms with van der Waals surface area (Å²) in [5, 5.41) is 0. The fourth-order valence-corrected chi connectivity index (χ4v) is 1.93. The topological polar surface area (TPSA) is 72.1 Å². The van der Waals surface area contributed by atoms with E-state index in [0.29, 0.717) is 5.69 Å². The number of amides is 1. The Morgan fingerprint density at radius 3 is 2.56 bits per heavy atom. The van der Waals surface area contributed by atoms with Crippen LogP contribution in [0.2, 0.25) is 0 Å². The van der Waals surface area contributed by atoms with Gasteiger partial charge in [-0.25, -0.2) is 9.97 Å². The van der Waals surface area contributed by atoms with E-state index < -0.39 is 0 Å². The van der Waals surface area contributed by atoms with Gasteiger partial charge in [0, 0.05) is 19.3 Å². The van der Waals surface area contributed by atoms with Gasteiger partial charge in [-0.3, -0.25) is 4.79 Å². The number of anilines is 1. The molecule has 0 spiro atoms. The molecule has 0 atom stereocenters. The molecule has 0 bridgehead atoms. The molecule has 16 heavy (non-hydrogen) atoms. The maximum Gasteiger partial charge on any atom is 0.272 e. The number of aromatic nitrogens is 2. The molecule has 5 nitrogen and oxygen atoms in total. The molecule has 0 unspecified atom stereocenters. The van der Waals surface area contributed by atoms with Crippen LogP contribution in [0.25, 0.3) is 0 Å². The Kier molecular flexibility index (Phi) is 3.34. The van der Waals surface area contributed by atoms with E-state index in [2.05, 4.69) is 9.97 Å². The quantitative estimate of drug-likeness (QED) is 0.768. The van der Waals surface area contributed by atoms with Crippen molar-refractivity contribution in [2.45, 2.75) is 25.7 Å². The number of nitrogens with two attached hydrogens (primary N) is 1. The molecular weight excluding hydrogens is 204 g/mol. The Bertz CT molecular complexity index is 372. The van der Waals surface area contributed by atoms with Crippen LogP contribution in [0.15, 0.2) is 12.3 Å². The highest BCUT2D eigenvalue weighted by Crippen LogP contribution is 2.12. The lowest BCUT2D eigenvalue weighted by Gasteiger charge is -2.19. The number of nitrogen functional groups attached to an aromatic ring is 1. The molecule has 0 aliphatic carbocycles. The lowest BCUT2D eigenvalue weighted by molar-refractivity contribution is 0.0755. The predicted octanol–water partition coefficient (Wildman–Crippen LogP) is 1.07. The van der Waals surface area contributed by atoms with E-state index in [1.807, 2.05) is 4.90 Å². The van der Waals surface area contributed by atoms with E-state index in [-0.39, 0.29) is 11.9 Å². The molecule has 2 rings (SSSR count). The molecule has 0 saturated carbocycles. The summed E-state index contributed by atoms with van der Waals surface area (Å²) in [5.41, 5.74) is 5.86. The van der Waals surface area contributed by atoms with E-state index in [0.717, 1.165) is 25.9 Å². The Labute approximate surface area is 94.7 Å². The Morgan fingerprint density at radius 2 is 1.94 bits per heavy atom. The van der Waals surface area contributed by atoms with Crippen molar-refractivity contribution in [2.75, 3.05) is 18.8 Å². The maximum atomic E-state index is 12.1. The van der Waals surface area contributed by atoms with Crippen LogP contribution in [-0.2, 0) is 0 Å². The number of carbonyl (C=O) groups excluding carboxylic acids is 1. The van der Waals surface area contributed by atoms with Gasteiger partial charge in [0.05, 0.1) is 0 Å². The molecular formula is C11H16N4O. The van der Waals surface area contributed by atoms with Crippen molar-refractivity contribution in [1.29, 1.82) is 0 Å². The smallest absolute Gasteiger partial charge is 0.272 e. The normalized spacial score (nSPS) is 16.9. The summed E-state index contributed by atoms with van der Waals surface area (Å²) in [7, 11) is 0. The van der Waals surface area contributed by atoms with E-state index in [1.54, 1.807) is 6.07 Å². The minimum atomic E-state index is -0.0315. The maximum absolute atomic E-state index is 12.1. The third kappa shape index (κ3) is 2.48. The van der Waals surface area contributed by atoms with Crippen molar-refractivity contribution >= 4 is 11.9 Å². The zero-order chi connectivity index (χ0) is 11.4. The zero-order valence-corrected chi connectivity index (χ0v) is 9.22. The molecule has 5 heteroatoms. The number of carbonyl (C=O) groups is 1. The molecule has 1 amide bonds. The number of rotatable bonds is 1. The molecule has 0 aromatic carbocycles. The molecule has 1 saturated heterocycles. The first kappa shape index (κ1) is 10.9. The third-order valence-corrected chi connectivity index (χ3v) is 2.79. The molecule has 1 fully saturated rings. The SMILES string of the molecule is Nc1nccc(C(=O)N2CCCCCC2)n1. The van der Waals surface area contributed by atoms with Crippen LogP contribution in [0.3, 0.4) is 0 Å². The highest BCUT2D eigenvalue weighted by molar-refractivity contribution is 5.92. The summed E-state index contributed by atoms with van der Waals surface area (Å²) in [6, 6.07) is 1.61. The van der Waals surface area contributed by atoms with Crippen molar-refractivity contribution in [3.63, 3.8) is 0 Å². The highest BCUT2D eigenvalue weighted by Gasteiger charge is 2.18. The van der Waals surface area contributed by atoms with E-state index in [4.69, 9.17) is 5.73 Å². The number of likely N-dealkylation sites (tertiary alicyclic amines) is 1. The summed E-state index contributed by atoms with van der Waals surface area (Å²) in [6.07, 6.45) is 6.08. The summed E-state index contributed by atoms with van der Waals surface area (Å²) in [5.74, 6) is 0.122. The van der Waals surface area contributed by atoms with Gasteiger partial charge < -0.3 is 10.6 Å². The van der Waals surface area contributed by atoms with Crippen LogP contribution >= 0.6 is 0 Å². The largest absolute Gasteiger partial charge is 0.368 e. The van der Waals surface area contributed by atoms with E-state index in [9.17, 15) is 4.79 Å². The van der Waals surface area contributed by atoms with Crippen molar-refractivity contribution in [3.05, 3.63) is 18.0 Å². The number of nitrogens with zero attached hydrogens (tertiary/aromatic N) is 3. The van der Waals surface area contributed by atoms with Crippen LogP contribution in [-0.4, -0.2) is 33.9 Å². The minimum absolute atomic E-state index is 0.0315. The van der Waals surface area contributed by atoms with Gasteiger partial charge in [0.2, 0.25) is 5.95 Å². The van der Waals surface area contributed by atoms with Gasteiger partial charge in [-0.2, -0.15) is 0 Å². The second-order valence-electron chi connectivity index (χ2n) is 4.01. The monoisotopic (exact) mass is 220 g/mol. The van der Waals surface area contributed by atoms with Crippen LogP contribution in [0, 0.1) is 0 Å². The molecule has 86 valence electrons. The molecule has 1 aliphatic heterocycles. The Balaban J connectivity index is 2.11. The Morgan fingerprint density at radius 1 is 1.25 bits per heavy atom. The second kappa shape index (κ2) is 4.92. The summed E-state index contributed by atoms with van der Waals surface area (Å²) < 4.78 is 0. The lowest BCUT2D eigenvalue weighted by Crippen LogP contribution is -2.32. The number of hydrogen-bond donors (Lipinski definition) is 1. The van der Waals surface area contributed by atoms with Crippen molar-refractivity contribution < 1.29 is 4.79 Å². The van der Waals surface area contributed by atoms with Gasteiger partial charge in [-0.1, -0.05) is 12.8 Å². The molecule has 2 N–H and O–H groups in total. The van der Waals surface area contributed by atoms with Gasteiger partial charge >= 0.3 is 0 Å². The summed E-state index contributed by atoms with van der Waals surface area (Å²) in [4.78, 5) is 21.7. The average molecular weight is 220 g/mol. The fourth-order valence-electron chi connectivity index (χ4n) is 1.93. The summed E-state index contributed by atoms with van der Waals surface area (Å²) in [6.45, 7) is 1.64. The molecule has 1 aromatic heterocycles. The standard InChI is InChI=1S/C11H16N4O/c12-11-13-6-5-9(14-11)10(16)15-7-3-1-2-4-8-15/h5-6H,1-4,7-8H2,(H2,12,13,14). The molecule has 0 radical (unpaired) electrons. The van der Waals surface area contributed by atoms with Crippen LogP contribution in [0.4, 0.5) is 5.95 Å². The van der Waals surface area contributed by atoms with Gasteiger partial charge in [0.1, 0.15) is 5.69 Å².